The van der Waals surface area contributed by atoms with Crippen LogP contribution in [0, 0.1) is 0 Å². The van der Waals surface area contributed by atoms with E-state index in [-0.39, 0.29) is 17.4 Å². The molecule has 0 aliphatic rings. The van der Waals surface area contributed by atoms with Crippen LogP contribution in [0.2, 0.25) is 0 Å². The zero-order valence-corrected chi connectivity index (χ0v) is 18.1. The molecule has 31 heavy (non-hydrogen) atoms. The third kappa shape index (κ3) is 5.00. The van der Waals surface area contributed by atoms with Gasteiger partial charge in [-0.1, -0.05) is 48.5 Å². The van der Waals surface area contributed by atoms with Crippen molar-refractivity contribution >= 4 is 16.7 Å². The van der Waals surface area contributed by atoms with Crippen molar-refractivity contribution in [2.24, 2.45) is 0 Å². The van der Waals surface area contributed by atoms with E-state index in [0.717, 1.165) is 22.6 Å². The minimum Gasteiger partial charge on any atom is -0.341 e. The van der Waals surface area contributed by atoms with E-state index in [9.17, 15) is 9.00 Å². The largest absolute Gasteiger partial charge is 0.341 e. The Balaban J connectivity index is 1.49. The lowest BCUT2D eigenvalue weighted by atomic mass is 10.2. The molecule has 0 unspecified atom stereocenters. The highest BCUT2D eigenvalue weighted by atomic mass is 32.2. The third-order valence-electron chi connectivity index (χ3n) is 4.96. The first-order chi connectivity index (χ1) is 15.1. The van der Waals surface area contributed by atoms with Crippen molar-refractivity contribution < 1.29 is 9.00 Å². The summed E-state index contributed by atoms with van der Waals surface area (Å²) >= 11 is 0. The Morgan fingerprint density at radius 2 is 1.61 bits per heavy atom. The summed E-state index contributed by atoms with van der Waals surface area (Å²) in [5.74, 6) is 0.922. The van der Waals surface area contributed by atoms with E-state index in [2.05, 4.69) is 5.10 Å². The maximum Gasteiger partial charge on any atom is 0.235 e. The molecule has 0 bridgehead atoms. The minimum atomic E-state index is -1.35. The molecule has 1 atom stereocenters. The van der Waals surface area contributed by atoms with E-state index in [0.29, 0.717) is 6.54 Å². The van der Waals surface area contributed by atoms with Crippen LogP contribution < -0.4 is 0 Å². The van der Waals surface area contributed by atoms with Crippen LogP contribution in [0.15, 0.2) is 91.4 Å². The van der Waals surface area contributed by atoms with Gasteiger partial charge in [-0.2, -0.15) is 5.10 Å². The molecule has 0 radical (unpaired) electrons. The molecule has 0 aliphatic heterocycles. The molecule has 0 aliphatic carbocycles. The Hall–Kier alpha value is -3.45. The Kier molecular flexibility index (Phi) is 6.43. The molecule has 2 heterocycles. The van der Waals surface area contributed by atoms with Crippen molar-refractivity contribution in [2.45, 2.75) is 12.3 Å². The molecule has 0 saturated carbocycles. The first kappa shape index (κ1) is 20.8. The molecule has 0 fully saturated rings. The van der Waals surface area contributed by atoms with Gasteiger partial charge >= 0.3 is 0 Å². The molecule has 2 aromatic heterocycles. The molecule has 4 rings (SSSR count). The number of nitrogens with zero attached hydrogens (tertiary/aromatic N) is 4. The van der Waals surface area contributed by atoms with Crippen LogP contribution in [0.5, 0.6) is 0 Å². The summed E-state index contributed by atoms with van der Waals surface area (Å²) in [7, 11) is 0.389. The summed E-state index contributed by atoms with van der Waals surface area (Å²) in [5.41, 5.74) is 2.79. The predicted molar refractivity (Wildman–Crippen MR) is 123 cm³/mol. The van der Waals surface area contributed by atoms with E-state index in [1.807, 2.05) is 94.4 Å². The Morgan fingerprint density at radius 1 is 0.968 bits per heavy atom. The highest BCUT2D eigenvalue weighted by Crippen LogP contribution is 2.21. The fourth-order valence-electron chi connectivity index (χ4n) is 3.40. The fraction of sp³-hybridized carbons (Fsp3) is 0.167. The summed E-state index contributed by atoms with van der Waals surface area (Å²) in [6.45, 7) is 0.497. The monoisotopic (exact) mass is 432 g/mol. The van der Waals surface area contributed by atoms with Crippen LogP contribution in [-0.4, -0.2) is 42.2 Å². The van der Waals surface area contributed by atoms with Crippen molar-refractivity contribution in [1.29, 1.82) is 0 Å². The van der Waals surface area contributed by atoms with Crippen LogP contribution >= 0.6 is 0 Å². The van der Waals surface area contributed by atoms with E-state index in [1.54, 1.807) is 18.1 Å². The summed E-state index contributed by atoms with van der Waals surface area (Å²) in [6.07, 6.45) is 5.60. The van der Waals surface area contributed by atoms with Gasteiger partial charge in [0.15, 0.2) is 0 Å². The van der Waals surface area contributed by atoms with E-state index in [1.165, 1.54) is 0 Å². The molecule has 7 heteroatoms. The SMILES string of the molecule is CN(Cc1ccccc1)C(=O)C[S@](=O)Cc1cnn(-c2ccccc2)c1-n1cccc1. The number of carbonyl (C=O) groups excluding carboxylic acids is 1. The van der Waals surface area contributed by atoms with Gasteiger partial charge in [-0.25, -0.2) is 4.68 Å². The summed E-state index contributed by atoms with van der Waals surface area (Å²) in [4.78, 5) is 14.2. The Bertz CT molecular complexity index is 1160. The van der Waals surface area contributed by atoms with Crippen molar-refractivity contribution in [1.82, 2.24) is 19.2 Å². The van der Waals surface area contributed by atoms with Crippen LogP contribution in [0.4, 0.5) is 0 Å². The van der Waals surface area contributed by atoms with Gasteiger partial charge in [0.25, 0.3) is 0 Å². The zero-order chi connectivity index (χ0) is 21.6. The lowest BCUT2D eigenvalue weighted by Gasteiger charge is -2.17. The number of hydrogen-bond donors (Lipinski definition) is 0. The lowest BCUT2D eigenvalue weighted by Crippen LogP contribution is -2.30. The normalized spacial score (nSPS) is 11.9. The Labute approximate surface area is 184 Å². The smallest absolute Gasteiger partial charge is 0.235 e. The second kappa shape index (κ2) is 9.57. The highest BCUT2D eigenvalue weighted by Gasteiger charge is 2.19. The van der Waals surface area contributed by atoms with Gasteiger partial charge in [-0.05, 0) is 29.8 Å². The Morgan fingerprint density at radius 3 is 2.29 bits per heavy atom. The number of benzene rings is 2. The molecule has 0 N–H and O–H groups in total. The van der Waals surface area contributed by atoms with Gasteiger partial charge in [0.2, 0.25) is 5.91 Å². The first-order valence-corrected chi connectivity index (χ1v) is 11.5. The van der Waals surface area contributed by atoms with Gasteiger partial charge in [0, 0.05) is 42.3 Å². The summed E-state index contributed by atoms with van der Waals surface area (Å²) in [5, 5.41) is 4.53. The quantitative estimate of drug-likeness (QED) is 0.428. The van der Waals surface area contributed by atoms with E-state index < -0.39 is 10.8 Å². The maximum atomic E-state index is 12.9. The average Bonchev–Trinajstić information content (AvgIpc) is 3.44. The number of carbonyl (C=O) groups is 1. The second-order valence-corrected chi connectivity index (χ2v) is 8.75. The van der Waals surface area contributed by atoms with Crippen LogP contribution in [0.25, 0.3) is 11.5 Å². The van der Waals surface area contributed by atoms with Crippen molar-refractivity contribution in [3.05, 3.63) is 103 Å². The number of aromatic nitrogens is 3. The summed E-state index contributed by atoms with van der Waals surface area (Å²) in [6, 6.07) is 23.5. The molecule has 6 nitrogen and oxygen atoms in total. The second-order valence-electron chi connectivity index (χ2n) is 7.29. The van der Waals surface area contributed by atoms with Crippen molar-refractivity contribution in [2.75, 3.05) is 12.8 Å². The number of para-hydroxylation sites is 1. The number of rotatable bonds is 8. The number of amides is 1. The number of hydrogen-bond acceptors (Lipinski definition) is 3. The van der Waals surface area contributed by atoms with Gasteiger partial charge in [-0.3, -0.25) is 9.00 Å². The molecular formula is C24H24N4O2S. The topological polar surface area (TPSA) is 60.1 Å². The molecule has 1 amide bonds. The zero-order valence-electron chi connectivity index (χ0n) is 17.3. The van der Waals surface area contributed by atoms with Gasteiger partial charge in [0.05, 0.1) is 17.6 Å². The van der Waals surface area contributed by atoms with Crippen LogP contribution in [-0.2, 0) is 27.9 Å². The van der Waals surface area contributed by atoms with Gasteiger partial charge < -0.3 is 9.47 Å². The molecule has 0 saturated heterocycles. The summed E-state index contributed by atoms with van der Waals surface area (Å²) < 4.78 is 16.6. The van der Waals surface area contributed by atoms with Gasteiger partial charge in [-0.15, -0.1) is 0 Å². The van der Waals surface area contributed by atoms with Crippen LogP contribution in [0.3, 0.4) is 0 Å². The molecule has 2 aromatic carbocycles. The maximum absolute atomic E-state index is 12.9. The molecule has 158 valence electrons. The minimum absolute atomic E-state index is 0.0228. The highest BCUT2D eigenvalue weighted by molar-refractivity contribution is 7.84. The lowest BCUT2D eigenvalue weighted by molar-refractivity contribution is -0.127. The van der Waals surface area contributed by atoms with E-state index >= 15 is 0 Å². The fourth-order valence-corrected chi connectivity index (χ4v) is 4.55. The average molecular weight is 433 g/mol. The van der Waals surface area contributed by atoms with E-state index in [4.69, 9.17) is 0 Å². The predicted octanol–water partition coefficient (Wildman–Crippen LogP) is 3.57. The van der Waals surface area contributed by atoms with Crippen LogP contribution in [0.1, 0.15) is 11.1 Å². The van der Waals surface area contributed by atoms with Gasteiger partial charge in [0.1, 0.15) is 11.6 Å². The third-order valence-corrected chi connectivity index (χ3v) is 6.16. The van der Waals surface area contributed by atoms with Crippen molar-refractivity contribution in [3.8, 4) is 11.5 Å². The molecular weight excluding hydrogens is 408 g/mol. The van der Waals surface area contributed by atoms with Crippen molar-refractivity contribution in [3.63, 3.8) is 0 Å². The first-order valence-electron chi connectivity index (χ1n) is 10.0. The molecule has 0 spiro atoms. The standard InChI is InChI=1S/C24H24N4O2S/c1-26(17-20-10-4-2-5-11-20)23(29)19-31(30)18-21-16-25-28(22-12-6-3-7-13-22)24(21)27-14-8-9-15-27/h2-16H,17-19H2,1H3/t31-/m1/s1. The molecule has 4 aromatic rings.